The van der Waals surface area contributed by atoms with E-state index in [4.69, 9.17) is 42.6 Å². The van der Waals surface area contributed by atoms with E-state index in [9.17, 15) is 81.1 Å². The maximum absolute atomic E-state index is 13.4. The van der Waals surface area contributed by atoms with Crippen molar-refractivity contribution in [2.45, 2.75) is 249 Å². The Balaban J connectivity index is 1.03. The minimum atomic E-state index is -2.23. The Morgan fingerprint density at radius 3 is 1.80 bits per heavy atom. The number of carboxylic acid groups (broad SMARTS) is 1. The van der Waals surface area contributed by atoms with Gasteiger partial charge in [-0.2, -0.15) is 0 Å². The van der Waals surface area contributed by atoms with Crippen LogP contribution in [0.5, 0.6) is 0 Å². The molecule has 14 N–H and O–H groups in total. The minimum Gasteiger partial charge on any atom is -0.479 e. The third-order valence-corrected chi connectivity index (χ3v) is 22.1. The van der Waals surface area contributed by atoms with E-state index in [1.807, 2.05) is 13.8 Å². The van der Waals surface area contributed by atoms with Crippen LogP contribution in [0.1, 0.15) is 114 Å². The SMILES string of the molecule is CC=C(C)C(=O)O[C@H]1CC(C)(C)C[C@H]2C3=CC[C@@H]4[C@@]5(C)CC[C@H](O[C@@H]6O[C@H](C(=O)O)[C@@H](O)[C@H](O[C@@H]7OC[C@H](O)[C@H](O)[C@H]7O[C@@H]7O[C@H](CO)[C@@H](O)[C@H](O)[C@H]7O)[C@H]6O[C@@H]6O[C@H](CO)[C@H](O)[C@H](O)[C@H]6O)C(C)(C)[C@@H]5CC[C@@]4(C)[C@]3(C)C[C@@H](O)[C@@]12CO. The Kier molecular flexibility index (Phi) is 18.7. The minimum absolute atomic E-state index is 0.0548. The Labute approximate surface area is 483 Å². The number of carbonyl (C=O) groups is 2. The van der Waals surface area contributed by atoms with E-state index in [0.29, 0.717) is 50.5 Å². The second kappa shape index (κ2) is 23.8. The van der Waals surface area contributed by atoms with Crippen molar-refractivity contribution in [3.8, 4) is 0 Å². The Morgan fingerprint density at radius 1 is 0.639 bits per heavy atom. The molecule has 474 valence electrons. The van der Waals surface area contributed by atoms with Crippen molar-refractivity contribution in [2.24, 2.45) is 50.2 Å². The molecule has 83 heavy (non-hydrogen) atoms. The van der Waals surface area contributed by atoms with Gasteiger partial charge in [-0.05, 0) is 110 Å². The largest absolute Gasteiger partial charge is 0.479 e. The number of aliphatic carboxylic acids is 1. The van der Waals surface area contributed by atoms with Crippen LogP contribution >= 0.6 is 0 Å². The lowest BCUT2D eigenvalue weighted by atomic mass is 9.33. The van der Waals surface area contributed by atoms with Crippen molar-refractivity contribution < 1.29 is 124 Å². The van der Waals surface area contributed by atoms with E-state index < -0.39 is 183 Å². The van der Waals surface area contributed by atoms with Gasteiger partial charge in [0.15, 0.2) is 31.3 Å². The second-order valence-electron chi connectivity index (χ2n) is 27.5. The molecule has 0 spiro atoms. The predicted octanol–water partition coefficient (Wildman–Crippen LogP) is -1.37. The standard InChI is InChI=1S/C58H92O25/c1-10-24(2)48(74)78-34-19-53(3,4)17-26-25-11-12-31-55(7)15-14-33(54(5,6)30(55)13-16-56(31,8)57(25,9)18-32(63)58(26,34)23-61)79-52-46(83-50-41(70)39(68)37(66)29(21-60)77-50)43(42(71)44(81-52)47(72)73)80-51-45(35(64)27(62)22-75-51)82-49-40(69)38(67)36(65)28(20-59)76-49/h10-11,26-46,49-52,59-71H,12-23H2,1-9H3,(H,72,73)/t26-,27-,28+,29+,30-,31+,32+,33-,34-,35-,36+,37-,38-,39-,40+,41+,42-,43-,44-,45+,46+,49-,50-,51-,52+,55-,56+,57+,58-/m0/s1. The average Bonchev–Trinajstić information content (AvgIpc) is 0.747. The van der Waals surface area contributed by atoms with Crippen LogP contribution in [-0.4, -0.2) is 245 Å². The van der Waals surface area contributed by atoms with Crippen molar-refractivity contribution in [1.29, 1.82) is 0 Å². The summed E-state index contributed by atoms with van der Waals surface area (Å²) < 4.78 is 55.0. The molecule has 29 atom stereocenters. The fourth-order valence-corrected chi connectivity index (χ4v) is 17.1. The van der Waals surface area contributed by atoms with Crippen LogP contribution < -0.4 is 0 Å². The van der Waals surface area contributed by atoms with Crippen molar-refractivity contribution >= 4 is 11.9 Å². The normalized spacial score (nSPS) is 51.5. The number of hydrogen-bond acceptors (Lipinski definition) is 24. The molecule has 0 radical (unpaired) electrons. The van der Waals surface area contributed by atoms with Gasteiger partial charge in [0.05, 0.1) is 44.1 Å². The molecule has 9 aliphatic rings. The van der Waals surface area contributed by atoms with Crippen molar-refractivity contribution in [1.82, 2.24) is 0 Å². The summed E-state index contributed by atoms with van der Waals surface area (Å²) in [7, 11) is 0. The first-order valence-electron chi connectivity index (χ1n) is 29.4. The highest BCUT2D eigenvalue weighted by molar-refractivity contribution is 5.87. The van der Waals surface area contributed by atoms with Crippen molar-refractivity contribution in [3.05, 3.63) is 23.3 Å². The number of aliphatic hydroxyl groups excluding tert-OH is 13. The summed E-state index contributed by atoms with van der Waals surface area (Å²) in [6, 6.07) is 0. The third kappa shape index (κ3) is 10.8. The van der Waals surface area contributed by atoms with Crippen molar-refractivity contribution in [3.63, 3.8) is 0 Å². The Morgan fingerprint density at radius 2 is 1.23 bits per heavy atom. The number of allylic oxidation sites excluding steroid dienone is 3. The van der Waals surface area contributed by atoms with Gasteiger partial charge in [-0.25, -0.2) is 9.59 Å². The van der Waals surface area contributed by atoms with E-state index >= 15 is 0 Å². The molecule has 0 aromatic carbocycles. The first-order valence-corrected chi connectivity index (χ1v) is 29.4. The first-order chi connectivity index (χ1) is 38.8. The number of hydrogen-bond donors (Lipinski definition) is 14. The molecule has 0 unspecified atom stereocenters. The number of fused-ring (bicyclic) bond motifs is 7. The summed E-state index contributed by atoms with van der Waals surface area (Å²) in [4.78, 5) is 26.6. The van der Waals surface area contributed by atoms with E-state index in [2.05, 4.69) is 40.7 Å². The van der Waals surface area contributed by atoms with Gasteiger partial charge < -0.3 is 114 Å². The van der Waals surface area contributed by atoms with E-state index in [0.717, 1.165) is 6.42 Å². The molecule has 4 saturated carbocycles. The van der Waals surface area contributed by atoms with Gasteiger partial charge in [0.25, 0.3) is 0 Å². The summed E-state index contributed by atoms with van der Waals surface area (Å²) in [6.45, 7) is 15.9. The van der Waals surface area contributed by atoms with Gasteiger partial charge in [0.2, 0.25) is 0 Å². The van der Waals surface area contributed by atoms with Crippen molar-refractivity contribution in [2.75, 3.05) is 26.4 Å². The first kappa shape index (κ1) is 65.0. The topological polar surface area (TPSA) is 400 Å². The molecule has 4 heterocycles. The summed E-state index contributed by atoms with van der Waals surface area (Å²) in [6.07, 6.45) is -30.1. The van der Waals surface area contributed by atoms with Gasteiger partial charge in [0.1, 0.15) is 91.6 Å². The zero-order chi connectivity index (χ0) is 61.0. The summed E-state index contributed by atoms with van der Waals surface area (Å²) in [5, 5.41) is 154. The number of carbonyl (C=O) groups excluding carboxylic acids is 1. The zero-order valence-electron chi connectivity index (χ0n) is 48.8. The molecule has 5 aliphatic carbocycles. The highest BCUT2D eigenvalue weighted by Gasteiger charge is 2.72. The number of aliphatic hydroxyl groups is 13. The molecule has 4 saturated heterocycles. The van der Waals surface area contributed by atoms with Gasteiger partial charge in [-0.3, -0.25) is 0 Å². The molecule has 25 nitrogen and oxygen atoms in total. The molecule has 8 fully saturated rings. The van der Waals surface area contributed by atoms with E-state index in [1.54, 1.807) is 19.9 Å². The van der Waals surface area contributed by atoms with Crippen LogP contribution in [0, 0.1) is 50.2 Å². The summed E-state index contributed by atoms with van der Waals surface area (Å²) in [5.41, 5.74) is -1.89. The number of rotatable bonds is 14. The molecule has 25 heteroatoms. The smallest absolute Gasteiger partial charge is 0.335 e. The average molecular weight is 1190 g/mol. The summed E-state index contributed by atoms with van der Waals surface area (Å²) in [5.74, 6) is -2.49. The fourth-order valence-electron chi connectivity index (χ4n) is 17.1. The van der Waals surface area contributed by atoms with Crippen LogP contribution in [-0.2, 0) is 52.2 Å². The number of ether oxygens (including phenoxy) is 9. The molecule has 0 amide bonds. The van der Waals surface area contributed by atoms with Gasteiger partial charge >= 0.3 is 11.9 Å². The zero-order valence-corrected chi connectivity index (χ0v) is 48.8. The van der Waals surface area contributed by atoms with E-state index in [-0.39, 0.29) is 40.6 Å². The number of esters is 1. The van der Waals surface area contributed by atoms with Crippen LogP contribution in [0.4, 0.5) is 0 Å². The molecule has 4 aliphatic heterocycles. The lowest BCUT2D eigenvalue weighted by molar-refractivity contribution is -0.401. The number of carboxylic acids is 1. The molecule has 0 bridgehead atoms. The Hall–Kier alpha value is -2.42. The molecular formula is C58H92O25. The Bertz CT molecular complexity index is 2380. The fraction of sp³-hybridized carbons (Fsp3) is 0.897. The maximum Gasteiger partial charge on any atom is 0.335 e. The molecule has 0 aromatic heterocycles. The lowest BCUT2D eigenvalue weighted by Crippen LogP contribution is -2.70. The van der Waals surface area contributed by atoms with Crippen LogP contribution in [0.2, 0.25) is 0 Å². The van der Waals surface area contributed by atoms with Crippen LogP contribution in [0.15, 0.2) is 23.3 Å². The molecule has 0 aromatic rings. The third-order valence-electron chi connectivity index (χ3n) is 22.1. The molecule has 9 rings (SSSR count). The monoisotopic (exact) mass is 1190 g/mol. The molecular weight excluding hydrogens is 1100 g/mol. The quantitative estimate of drug-likeness (QED) is 0.0413. The highest BCUT2D eigenvalue weighted by atomic mass is 16.8. The van der Waals surface area contributed by atoms with Crippen LogP contribution in [0.25, 0.3) is 0 Å². The van der Waals surface area contributed by atoms with Gasteiger partial charge in [-0.1, -0.05) is 66.2 Å². The maximum atomic E-state index is 13.4. The second-order valence-corrected chi connectivity index (χ2v) is 27.5. The summed E-state index contributed by atoms with van der Waals surface area (Å²) >= 11 is 0. The van der Waals surface area contributed by atoms with E-state index in [1.165, 1.54) is 5.57 Å². The predicted molar refractivity (Wildman–Crippen MR) is 283 cm³/mol. The van der Waals surface area contributed by atoms with Gasteiger partial charge in [-0.15, -0.1) is 0 Å². The highest BCUT2D eigenvalue weighted by Crippen LogP contribution is 2.76. The van der Waals surface area contributed by atoms with Crippen LogP contribution in [0.3, 0.4) is 0 Å². The lowest BCUT2D eigenvalue weighted by Gasteiger charge is -2.72. The van der Waals surface area contributed by atoms with Gasteiger partial charge in [0, 0.05) is 5.57 Å².